The third-order valence-electron chi connectivity index (χ3n) is 5.32. The summed E-state index contributed by atoms with van der Waals surface area (Å²) in [5, 5.41) is 15.4. The number of benzene rings is 3. The summed E-state index contributed by atoms with van der Waals surface area (Å²) in [4.78, 5) is 0.619. The van der Waals surface area contributed by atoms with Crippen LogP contribution in [-0.4, -0.2) is 20.6 Å². The van der Waals surface area contributed by atoms with E-state index < -0.39 is 5.82 Å². The fourth-order valence-electron chi connectivity index (χ4n) is 3.45. The molecule has 1 aliphatic heterocycles. The van der Waals surface area contributed by atoms with E-state index in [9.17, 15) is 4.39 Å². The third kappa shape index (κ3) is 5.62. The van der Waals surface area contributed by atoms with E-state index in [1.807, 2.05) is 13.0 Å². The maximum Gasteiger partial charge on any atom is 0.217 e. The lowest BCUT2D eigenvalue weighted by atomic mass is 10.1. The Morgan fingerprint density at radius 2 is 1.73 bits per heavy atom. The molecule has 0 amide bonds. The topological polar surface area (TPSA) is 52.3 Å². The van der Waals surface area contributed by atoms with Crippen molar-refractivity contribution in [3.63, 3.8) is 0 Å². The fourth-order valence-corrected chi connectivity index (χ4v) is 5.45. The second kappa shape index (κ2) is 10.8. The van der Waals surface area contributed by atoms with Gasteiger partial charge >= 0.3 is 0 Å². The molecule has 0 atom stereocenters. The van der Waals surface area contributed by atoms with E-state index >= 15 is 0 Å². The van der Waals surface area contributed by atoms with Crippen LogP contribution in [0.2, 0.25) is 25.1 Å². The molecule has 1 aliphatic rings. The summed E-state index contributed by atoms with van der Waals surface area (Å²) in [5.74, 6) is 0.420. The maximum atomic E-state index is 14.5. The minimum Gasteiger partial charge on any atom is -0.486 e. The number of hydrogen-bond acceptors (Lipinski definition) is 5. The van der Waals surface area contributed by atoms with E-state index in [0.717, 1.165) is 5.56 Å². The second-order valence-electron chi connectivity index (χ2n) is 7.88. The van der Waals surface area contributed by atoms with Gasteiger partial charge in [-0.3, -0.25) is 0 Å². The molecule has 0 saturated carbocycles. The Kier molecular flexibility index (Phi) is 7.73. The van der Waals surface area contributed by atoms with Crippen LogP contribution in [-0.2, 0) is 6.61 Å². The summed E-state index contributed by atoms with van der Waals surface area (Å²) < 4.78 is 21.9. The minimum atomic E-state index is -0.631. The van der Waals surface area contributed by atoms with Crippen LogP contribution in [0.4, 0.5) is 4.39 Å². The molecule has 0 aliphatic carbocycles. The molecule has 5 nitrogen and oxygen atoms in total. The first-order valence-electron chi connectivity index (χ1n) is 10.6. The number of aromatic nitrogens is 3. The van der Waals surface area contributed by atoms with Gasteiger partial charge < -0.3 is 4.74 Å². The first-order chi connectivity index (χ1) is 17.7. The van der Waals surface area contributed by atoms with Gasteiger partial charge in [-0.15, -0.1) is 10.2 Å². The molecule has 0 fully saturated rings. The molecule has 1 aromatic heterocycles. The van der Waals surface area contributed by atoms with Crippen LogP contribution < -0.4 is 4.74 Å². The van der Waals surface area contributed by atoms with E-state index in [1.165, 1.54) is 28.6 Å². The number of rotatable bonds is 5. The van der Waals surface area contributed by atoms with Crippen molar-refractivity contribution in [2.45, 2.75) is 18.7 Å². The first-order valence-corrected chi connectivity index (χ1v) is 13.3. The summed E-state index contributed by atoms with van der Waals surface area (Å²) in [6.45, 7) is 1.97. The molecule has 3 aromatic carbocycles. The van der Waals surface area contributed by atoms with Crippen molar-refractivity contribution in [1.82, 2.24) is 14.9 Å². The van der Waals surface area contributed by atoms with Gasteiger partial charge in [0.2, 0.25) is 5.16 Å². The standard InChI is InChI=1S/C25H14Cl5FN4OS/c1-12-6-15(4-5-17(12)27)36-11-23-32-33-25-35(23)34-24(16-9-21(31)20(30)10-19(16)29)22(37-25)7-13-2-3-14(26)8-18(13)28/h2-10H,11H2,1H3/b22-7-. The van der Waals surface area contributed by atoms with Crippen LogP contribution in [0.5, 0.6) is 5.75 Å². The minimum absolute atomic E-state index is 0.0795. The lowest BCUT2D eigenvalue weighted by molar-refractivity contribution is 0.289. The molecule has 0 unspecified atom stereocenters. The molecule has 188 valence electrons. The number of aryl methyl sites for hydroxylation is 1. The predicted octanol–water partition coefficient (Wildman–Crippen LogP) is 8.97. The molecule has 0 N–H and O–H groups in total. The highest BCUT2D eigenvalue weighted by Gasteiger charge is 2.27. The number of ether oxygens (including phenoxy) is 1. The Morgan fingerprint density at radius 3 is 2.49 bits per heavy atom. The summed E-state index contributed by atoms with van der Waals surface area (Å²) in [7, 11) is 0. The Balaban J connectivity index is 1.57. The van der Waals surface area contributed by atoms with Gasteiger partial charge in [0.15, 0.2) is 5.82 Å². The number of hydrogen-bond donors (Lipinski definition) is 0. The summed E-state index contributed by atoms with van der Waals surface area (Å²) >= 11 is 32.2. The second-order valence-corrected chi connectivity index (χ2v) is 11.0. The number of allylic oxidation sites excluding steroid dienone is 1. The van der Waals surface area contributed by atoms with Crippen LogP contribution in [0.25, 0.3) is 6.08 Å². The predicted molar refractivity (Wildman–Crippen MR) is 149 cm³/mol. The van der Waals surface area contributed by atoms with Crippen molar-refractivity contribution in [2.75, 3.05) is 0 Å². The lowest BCUT2D eigenvalue weighted by Crippen LogP contribution is -2.15. The monoisotopic (exact) mass is 612 g/mol. The zero-order chi connectivity index (χ0) is 26.3. The summed E-state index contributed by atoms with van der Waals surface area (Å²) in [6, 6.07) is 13.0. The van der Waals surface area contributed by atoms with Crippen LogP contribution in [0, 0.1) is 12.7 Å². The first kappa shape index (κ1) is 26.4. The zero-order valence-electron chi connectivity index (χ0n) is 18.8. The number of thioether (sulfide) groups is 1. The Hall–Kier alpha value is -2.26. The van der Waals surface area contributed by atoms with Gasteiger partial charge in [0.1, 0.15) is 23.9 Å². The van der Waals surface area contributed by atoms with Gasteiger partial charge in [0, 0.05) is 25.5 Å². The van der Waals surface area contributed by atoms with E-state index in [2.05, 4.69) is 10.2 Å². The smallest absolute Gasteiger partial charge is 0.217 e. The molecule has 12 heteroatoms. The van der Waals surface area contributed by atoms with E-state index in [0.29, 0.717) is 53.5 Å². The maximum absolute atomic E-state index is 14.5. The number of fused-ring (bicyclic) bond motifs is 1. The average molecular weight is 615 g/mol. The summed E-state index contributed by atoms with van der Waals surface area (Å²) in [5.41, 5.74) is 2.29. The molecule has 2 heterocycles. The van der Waals surface area contributed by atoms with E-state index in [4.69, 9.17) is 67.8 Å². The van der Waals surface area contributed by atoms with Crippen molar-refractivity contribution in [1.29, 1.82) is 0 Å². The van der Waals surface area contributed by atoms with E-state index in [-0.39, 0.29) is 16.7 Å². The number of halogens is 6. The summed E-state index contributed by atoms with van der Waals surface area (Å²) in [6.07, 6.45) is 1.80. The van der Waals surface area contributed by atoms with Crippen LogP contribution in [0.15, 0.2) is 63.7 Å². The highest BCUT2D eigenvalue weighted by Crippen LogP contribution is 2.38. The Bertz CT molecular complexity index is 1600. The number of nitrogens with zero attached hydrogens (tertiary/aromatic N) is 4. The third-order valence-corrected chi connectivity index (χ3v) is 7.88. The quantitative estimate of drug-likeness (QED) is 0.211. The van der Waals surface area contributed by atoms with Gasteiger partial charge in [0.05, 0.1) is 10.0 Å². The molecule has 4 aromatic rings. The van der Waals surface area contributed by atoms with Crippen molar-refractivity contribution in [3.8, 4) is 5.75 Å². The average Bonchev–Trinajstić information content (AvgIpc) is 3.25. The van der Waals surface area contributed by atoms with Gasteiger partial charge in [-0.2, -0.15) is 9.78 Å². The SMILES string of the molecule is Cc1cc(OCc2nnc3n2N=C(c2cc(F)c(Cl)cc2Cl)/C(=C/c2ccc(Cl)cc2Cl)S3)ccc1Cl. The largest absolute Gasteiger partial charge is 0.486 e. The molecule has 0 saturated heterocycles. The van der Waals surface area contributed by atoms with Crippen LogP contribution in [0.1, 0.15) is 22.5 Å². The van der Waals surface area contributed by atoms with Gasteiger partial charge in [0.25, 0.3) is 0 Å². The Labute approximate surface area is 240 Å². The molecule has 0 spiro atoms. The van der Waals surface area contributed by atoms with Crippen LogP contribution in [0.3, 0.4) is 0 Å². The lowest BCUT2D eigenvalue weighted by Gasteiger charge is -2.18. The molecular weight excluding hydrogens is 601 g/mol. The Morgan fingerprint density at radius 1 is 0.919 bits per heavy atom. The van der Waals surface area contributed by atoms with Crippen molar-refractivity contribution >= 4 is 81.6 Å². The fraction of sp³-hybridized carbons (Fsp3) is 0.0800. The van der Waals surface area contributed by atoms with Crippen molar-refractivity contribution in [2.24, 2.45) is 5.10 Å². The highest BCUT2D eigenvalue weighted by atomic mass is 35.5. The van der Waals surface area contributed by atoms with Crippen molar-refractivity contribution < 1.29 is 9.13 Å². The molecular formula is C25H14Cl5FN4OS. The van der Waals surface area contributed by atoms with Crippen LogP contribution >= 0.6 is 69.8 Å². The molecule has 0 radical (unpaired) electrons. The van der Waals surface area contributed by atoms with Gasteiger partial charge in [-0.05, 0) is 78.4 Å². The van der Waals surface area contributed by atoms with Crippen molar-refractivity contribution in [3.05, 3.63) is 107 Å². The molecule has 5 rings (SSSR count). The van der Waals surface area contributed by atoms with Gasteiger partial charge in [-0.1, -0.05) is 64.1 Å². The van der Waals surface area contributed by atoms with E-state index in [1.54, 1.807) is 36.4 Å². The normalized spacial score (nSPS) is 14.0. The van der Waals surface area contributed by atoms with Gasteiger partial charge in [-0.25, -0.2) is 4.39 Å². The zero-order valence-corrected chi connectivity index (χ0v) is 23.4. The molecule has 37 heavy (non-hydrogen) atoms. The molecule has 0 bridgehead atoms. The highest BCUT2D eigenvalue weighted by molar-refractivity contribution is 8.04.